The van der Waals surface area contributed by atoms with Gasteiger partial charge >= 0.3 is 5.97 Å². The van der Waals surface area contributed by atoms with Gasteiger partial charge in [0.05, 0.1) is 19.1 Å². The van der Waals surface area contributed by atoms with E-state index in [1.165, 1.54) is 6.07 Å². The van der Waals surface area contributed by atoms with Gasteiger partial charge in [0.25, 0.3) is 0 Å². The highest BCUT2D eigenvalue weighted by atomic mass is 16.5. The highest BCUT2D eigenvalue weighted by molar-refractivity contribution is 5.70. The van der Waals surface area contributed by atoms with Gasteiger partial charge in [-0.15, -0.1) is 0 Å². The molecule has 0 heterocycles. The predicted octanol–water partition coefficient (Wildman–Crippen LogP) is 1.05. The van der Waals surface area contributed by atoms with Gasteiger partial charge in [0, 0.05) is 5.56 Å². The molecule has 0 bridgehead atoms. The molecule has 0 amide bonds. The minimum Gasteiger partial charge on any atom is -0.508 e. The molecule has 3 N–H and O–H groups in total. The molecule has 1 rings (SSSR count). The van der Waals surface area contributed by atoms with Crippen molar-refractivity contribution in [2.75, 3.05) is 6.61 Å². The number of phenolic OH excluding ortho intramolecular Hbond substituents is 1. The Labute approximate surface area is 106 Å². The van der Waals surface area contributed by atoms with Crippen molar-refractivity contribution in [1.29, 1.82) is 0 Å². The summed E-state index contributed by atoms with van der Waals surface area (Å²) in [5.41, 5.74) is 1.04. The van der Waals surface area contributed by atoms with Crippen LogP contribution in [-0.4, -0.2) is 34.0 Å². The minimum atomic E-state index is -1.32. The lowest BCUT2D eigenvalue weighted by atomic mass is 9.99. The molecule has 2 atom stereocenters. The van der Waals surface area contributed by atoms with Crippen LogP contribution < -0.4 is 0 Å². The van der Waals surface area contributed by atoms with Gasteiger partial charge < -0.3 is 20.1 Å². The average Bonchev–Trinajstić information content (AvgIpc) is 2.31. The van der Waals surface area contributed by atoms with Crippen LogP contribution in [0.2, 0.25) is 0 Å². The van der Waals surface area contributed by atoms with E-state index in [4.69, 9.17) is 0 Å². The van der Waals surface area contributed by atoms with E-state index in [1.54, 1.807) is 26.0 Å². The normalized spacial score (nSPS) is 14.0. The van der Waals surface area contributed by atoms with Gasteiger partial charge in [0.15, 0.2) is 0 Å². The zero-order valence-electron chi connectivity index (χ0n) is 10.5. The van der Waals surface area contributed by atoms with Crippen molar-refractivity contribution in [3.05, 3.63) is 29.3 Å². The van der Waals surface area contributed by atoms with Crippen molar-refractivity contribution in [1.82, 2.24) is 0 Å². The van der Waals surface area contributed by atoms with Gasteiger partial charge in [0.1, 0.15) is 11.9 Å². The molecular formula is C13H18O5. The minimum absolute atomic E-state index is 0.115. The van der Waals surface area contributed by atoms with Gasteiger partial charge in [-0.25, -0.2) is 0 Å². The summed E-state index contributed by atoms with van der Waals surface area (Å²) in [6.07, 6.45) is -2.95. The lowest BCUT2D eigenvalue weighted by molar-refractivity contribution is -0.147. The third kappa shape index (κ3) is 3.72. The Balaban J connectivity index is 2.76. The summed E-state index contributed by atoms with van der Waals surface area (Å²) in [5.74, 6) is -0.702. The molecule has 5 nitrogen and oxygen atoms in total. The molecule has 18 heavy (non-hydrogen) atoms. The standard InChI is InChI=1S/C13H18O5/c1-3-18-12(16)7-11(15)13(17)9-6-8(2)4-5-10(9)14/h4-6,11,13-15,17H,3,7H2,1-2H3. The van der Waals surface area contributed by atoms with E-state index in [1.807, 2.05) is 0 Å². The fourth-order valence-electron chi connectivity index (χ4n) is 1.62. The van der Waals surface area contributed by atoms with E-state index in [2.05, 4.69) is 4.74 Å². The van der Waals surface area contributed by atoms with Gasteiger partial charge in [-0.2, -0.15) is 0 Å². The first-order valence-electron chi connectivity index (χ1n) is 5.77. The molecule has 0 saturated heterocycles. The highest BCUT2D eigenvalue weighted by Gasteiger charge is 2.24. The fraction of sp³-hybridized carbons (Fsp3) is 0.462. The summed E-state index contributed by atoms with van der Waals surface area (Å²) in [6, 6.07) is 4.68. The maximum absolute atomic E-state index is 11.2. The van der Waals surface area contributed by atoms with Crippen molar-refractivity contribution < 1.29 is 24.9 Å². The summed E-state index contributed by atoms with van der Waals surface area (Å²) >= 11 is 0. The predicted molar refractivity (Wildman–Crippen MR) is 65.1 cm³/mol. The number of carbonyl (C=O) groups excluding carboxylic acids is 1. The Kier molecular flexibility index (Phi) is 5.12. The quantitative estimate of drug-likeness (QED) is 0.684. The first-order chi connectivity index (χ1) is 8.45. The largest absolute Gasteiger partial charge is 0.508 e. The molecule has 100 valence electrons. The number of aromatic hydroxyl groups is 1. The second kappa shape index (κ2) is 6.37. The maximum Gasteiger partial charge on any atom is 0.308 e. The van der Waals surface area contributed by atoms with E-state index in [-0.39, 0.29) is 24.3 Å². The van der Waals surface area contributed by atoms with Gasteiger partial charge in [-0.05, 0) is 26.0 Å². The number of aryl methyl sites for hydroxylation is 1. The van der Waals surface area contributed by atoms with Crippen LogP contribution in [0, 0.1) is 6.92 Å². The summed E-state index contributed by atoms with van der Waals surface area (Å²) in [4.78, 5) is 11.2. The Hall–Kier alpha value is -1.59. The molecule has 0 aromatic heterocycles. The fourth-order valence-corrected chi connectivity index (χ4v) is 1.62. The summed E-state index contributed by atoms with van der Waals surface area (Å²) in [6.45, 7) is 3.68. The number of ether oxygens (including phenoxy) is 1. The number of carbonyl (C=O) groups is 1. The molecule has 0 spiro atoms. The van der Waals surface area contributed by atoms with Crippen LogP contribution in [-0.2, 0) is 9.53 Å². The third-order valence-corrected chi connectivity index (χ3v) is 2.55. The van der Waals surface area contributed by atoms with Crippen molar-refractivity contribution in [3.8, 4) is 5.75 Å². The zero-order chi connectivity index (χ0) is 13.7. The number of rotatable bonds is 5. The van der Waals surface area contributed by atoms with Crippen LogP contribution in [0.4, 0.5) is 0 Å². The van der Waals surface area contributed by atoms with Crippen LogP contribution in [0.3, 0.4) is 0 Å². The molecule has 0 radical (unpaired) electrons. The highest BCUT2D eigenvalue weighted by Crippen LogP contribution is 2.28. The topological polar surface area (TPSA) is 87.0 Å². The van der Waals surface area contributed by atoms with Crippen LogP contribution in [0.1, 0.15) is 30.6 Å². The molecule has 0 aliphatic carbocycles. The average molecular weight is 254 g/mol. The molecule has 5 heteroatoms. The van der Waals surface area contributed by atoms with Crippen LogP contribution in [0.25, 0.3) is 0 Å². The Bertz CT molecular complexity index is 416. The number of aliphatic hydroxyl groups excluding tert-OH is 2. The van der Waals surface area contributed by atoms with Crippen LogP contribution in [0.5, 0.6) is 5.75 Å². The van der Waals surface area contributed by atoms with Crippen LogP contribution in [0.15, 0.2) is 18.2 Å². The summed E-state index contributed by atoms with van der Waals surface area (Å²) in [7, 11) is 0. The maximum atomic E-state index is 11.2. The Morgan fingerprint density at radius 1 is 1.39 bits per heavy atom. The molecule has 0 aliphatic rings. The smallest absolute Gasteiger partial charge is 0.308 e. The van der Waals surface area contributed by atoms with E-state index in [0.717, 1.165) is 5.56 Å². The van der Waals surface area contributed by atoms with E-state index in [0.29, 0.717) is 0 Å². The molecule has 0 saturated carbocycles. The monoisotopic (exact) mass is 254 g/mol. The molecule has 1 aromatic carbocycles. The summed E-state index contributed by atoms with van der Waals surface area (Å²) < 4.78 is 4.68. The lowest BCUT2D eigenvalue weighted by Gasteiger charge is -2.18. The first kappa shape index (κ1) is 14.5. The van der Waals surface area contributed by atoms with Crippen molar-refractivity contribution in [2.45, 2.75) is 32.5 Å². The van der Waals surface area contributed by atoms with Gasteiger partial charge in [-0.3, -0.25) is 4.79 Å². The molecular weight excluding hydrogens is 236 g/mol. The number of benzene rings is 1. The van der Waals surface area contributed by atoms with Crippen molar-refractivity contribution in [2.24, 2.45) is 0 Å². The van der Waals surface area contributed by atoms with Gasteiger partial charge in [0.2, 0.25) is 0 Å². The second-order valence-electron chi connectivity index (χ2n) is 4.08. The number of hydrogen-bond acceptors (Lipinski definition) is 5. The molecule has 0 fully saturated rings. The van der Waals surface area contributed by atoms with Crippen molar-refractivity contribution >= 4 is 5.97 Å². The van der Waals surface area contributed by atoms with E-state index in [9.17, 15) is 20.1 Å². The van der Waals surface area contributed by atoms with Crippen LogP contribution >= 0.6 is 0 Å². The van der Waals surface area contributed by atoms with Crippen molar-refractivity contribution in [3.63, 3.8) is 0 Å². The SMILES string of the molecule is CCOC(=O)CC(O)C(O)c1cc(C)ccc1O. The number of phenols is 1. The zero-order valence-corrected chi connectivity index (χ0v) is 10.5. The molecule has 0 aliphatic heterocycles. The number of esters is 1. The van der Waals surface area contributed by atoms with E-state index >= 15 is 0 Å². The first-order valence-corrected chi connectivity index (χ1v) is 5.77. The Morgan fingerprint density at radius 3 is 2.67 bits per heavy atom. The second-order valence-corrected chi connectivity index (χ2v) is 4.08. The lowest BCUT2D eigenvalue weighted by Crippen LogP contribution is -2.23. The number of hydrogen-bond donors (Lipinski definition) is 3. The molecule has 2 unspecified atom stereocenters. The molecule has 1 aromatic rings. The van der Waals surface area contributed by atoms with Gasteiger partial charge in [-0.1, -0.05) is 11.6 Å². The Morgan fingerprint density at radius 2 is 2.06 bits per heavy atom. The third-order valence-electron chi connectivity index (χ3n) is 2.55. The van der Waals surface area contributed by atoms with E-state index < -0.39 is 18.2 Å². The summed E-state index contributed by atoms with van der Waals surface area (Å²) in [5, 5.41) is 29.2. The number of aliphatic hydroxyl groups is 2.